The smallest absolute Gasteiger partial charge is 0.317 e. The van der Waals surface area contributed by atoms with Gasteiger partial charge in [-0.25, -0.2) is 0 Å². The Hall–Kier alpha value is -0.630. The number of benzene rings is 1. The first-order chi connectivity index (χ1) is 7.62. The summed E-state index contributed by atoms with van der Waals surface area (Å²) in [5, 5.41) is 0. The van der Waals surface area contributed by atoms with E-state index in [1.807, 2.05) is 44.2 Å². The van der Waals surface area contributed by atoms with Crippen LogP contribution in [-0.4, -0.2) is 10.5 Å². The fourth-order valence-electron chi connectivity index (χ4n) is 1.83. The molecule has 1 N–H and O–H groups in total. The highest BCUT2D eigenvalue weighted by Crippen LogP contribution is 2.34. The maximum atomic E-state index is 10.9. The van der Waals surface area contributed by atoms with E-state index in [2.05, 4.69) is 0 Å². The Labute approximate surface area is 97.4 Å². The Morgan fingerprint density at radius 2 is 1.81 bits per heavy atom. The van der Waals surface area contributed by atoms with E-state index in [4.69, 9.17) is 9.42 Å². The van der Waals surface area contributed by atoms with Crippen LogP contribution in [0.25, 0.3) is 0 Å². The zero-order valence-corrected chi connectivity index (χ0v) is 10.8. The van der Waals surface area contributed by atoms with Gasteiger partial charge < -0.3 is 9.42 Å². The van der Waals surface area contributed by atoms with Crippen molar-refractivity contribution in [3.05, 3.63) is 35.9 Å². The predicted molar refractivity (Wildman–Crippen MR) is 65.8 cm³/mol. The van der Waals surface area contributed by atoms with Crippen LogP contribution in [0.15, 0.2) is 30.3 Å². The summed E-state index contributed by atoms with van der Waals surface area (Å²) < 4.78 is 16.1. The van der Waals surface area contributed by atoms with Crippen molar-refractivity contribution in [2.24, 2.45) is 0 Å². The molecule has 0 aromatic heterocycles. The summed E-state index contributed by atoms with van der Waals surface area (Å²) >= 11 is 0. The number of hydrogen-bond donors (Lipinski definition) is 1. The average molecular weight is 242 g/mol. The standard InChI is InChI=1S/C12H19O3P/c1-3-12(4-2,15-16(13)14)10-11-8-6-5-7-9-11/h5-9,16H,3-4,10H2,1-2H3,(H,13,14). The monoisotopic (exact) mass is 242 g/mol. The molecule has 16 heavy (non-hydrogen) atoms. The highest BCUT2D eigenvalue weighted by molar-refractivity contribution is 7.32. The van der Waals surface area contributed by atoms with E-state index in [-0.39, 0.29) is 0 Å². The molecule has 0 aliphatic heterocycles. The lowest BCUT2D eigenvalue weighted by molar-refractivity contribution is 0.0568. The van der Waals surface area contributed by atoms with E-state index >= 15 is 0 Å². The van der Waals surface area contributed by atoms with Gasteiger partial charge in [-0.1, -0.05) is 44.2 Å². The van der Waals surface area contributed by atoms with E-state index in [0.29, 0.717) is 6.42 Å². The Kier molecular flexibility index (Phi) is 5.20. The van der Waals surface area contributed by atoms with Crippen LogP contribution in [0.3, 0.4) is 0 Å². The van der Waals surface area contributed by atoms with Crippen molar-refractivity contribution in [1.29, 1.82) is 0 Å². The van der Waals surface area contributed by atoms with Crippen molar-refractivity contribution in [2.45, 2.75) is 38.7 Å². The molecule has 0 aliphatic carbocycles. The SMILES string of the molecule is CCC(CC)(Cc1ccccc1)O[PH](=O)O. The molecule has 1 unspecified atom stereocenters. The molecule has 90 valence electrons. The van der Waals surface area contributed by atoms with Crippen LogP contribution in [0.5, 0.6) is 0 Å². The molecule has 0 fully saturated rings. The first-order valence-electron chi connectivity index (χ1n) is 5.58. The lowest BCUT2D eigenvalue weighted by atomic mass is 9.90. The molecule has 1 rings (SSSR count). The topological polar surface area (TPSA) is 46.5 Å². The van der Waals surface area contributed by atoms with Crippen molar-refractivity contribution in [3.63, 3.8) is 0 Å². The van der Waals surface area contributed by atoms with E-state index in [0.717, 1.165) is 18.4 Å². The molecule has 0 heterocycles. The van der Waals surface area contributed by atoms with E-state index in [1.54, 1.807) is 0 Å². The molecule has 4 heteroatoms. The van der Waals surface area contributed by atoms with Gasteiger partial charge in [0, 0.05) is 6.42 Å². The molecule has 0 bridgehead atoms. The second-order valence-corrected chi connectivity index (χ2v) is 4.66. The Morgan fingerprint density at radius 3 is 2.25 bits per heavy atom. The lowest BCUT2D eigenvalue weighted by Crippen LogP contribution is -2.31. The zero-order valence-electron chi connectivity index (χ0n) is 9.77. The predicted octanol–water partition coefficient (Wildman–Crippen LogP) is 3.19. The molecule has 3 nitrogen and oxygen atoms in total. The summed E-state index contributed by atoms with van der Waals surface area (Å²) in [5.41, 5.74) is 0.626. The number of hydrogen-bond acceptors (Lipinski definition) is 2. The Balaban J connectivity index is 2.82. The molecule has 0 amide bonds. The Morgan fingerprint density at radius 1 is 1.25 bits per heavy atom. The Bertz CT molecular complexity index is 333. The fourth-order valence-corrected chi connectivity index (χ4v) is 2.56. The fraction of sp³-hybridized carbons (Fsp3) is 0.500. The molecule has 0 saturated carbocycles. The lowest BCUT2D eigenvalue weighted by Gasteiger charge is -2.30. The second kappa shape index (κ2) is 6.19. The molecule has 1 atom stereocenters. The van der Waals surface area contributed by atoms with Crippen LogP contribution in [-0.2, 0) is 15.5 Å². The highest BCUT2D eigenvalue weighted by Gasteiger charge is 2.29. The van der Waals surface area contributed by atoms with Crippen molar-refractivity contribution in [1.82, 2.24) is 0 Å². The van der Waals surface area contributed by atoms with Crippen LogP contribution < -0.4 is 0 Å². The molecular formula is C12H19O3P. The van der Waals surface area contributed by atoms with Gasteiger partial charge in [-0.2, -0.15) is 0 Å². The minimum absolute atomic E-state index is 0.508. The maximum Gasteiger partial charge on any atom is 0.317 e. The van der Waals surface area contributed by atoms with Gasteiger partial charge in [-0.3, -0.25) is 4.57 Å². The first kappa shape index (κ1) is 13.4. The van der Waals surface area contributed by atoms with Crippen LogP contribution in [0, 0.1) is 0 Å². The summed E-state index contributed by atoms with van der Waals surface area (Å²) in [7, 11) is -2.88. The molecule has 1 aromatic rings. The van der Waals surface area contributed by atoms with Gasteiger partial charge in [0.1, 0.15) is 0 Å². The highest BCUT2D eigenvalue weighted by atomic mass is 31.1. The molecule has 0 spiro atoms. The van der Waals surface area contributed by atoms with Gasteiger partial charge in [0.2, 0.25) is 0 Å². The molecule has 0 saturated heterocycles. The summed E-state index contributed by atoms with van der Waals surface area (Å²) in [5.74, 6) is 0. The van der Waals surface area contributed by atoms with Gasteiger partial charge in [0.05, 0.1) is 5.60 Å². The van der Waals surface area contributed by atoms with Gasteiger partial charge in [0.25, 0.3) is 0 Å². The van der Waals surface area contributed by atoms with Crippen molar-refractivity contribution >= 4 is 8.25 Å². The minimum Gasteiger partial charge on any atom is -0.326 e. The van der Waals surface area contributed by atoms with Gasteiger partial charge in [-0.05, 0) is 18.4 Å². The van der Waals surface area contributed by atoms with Gasteiger partial charge in [0.15, 0.2) is 0 Å². The molecule has 0 aliphatic rings. The van der Waals surface area contributed by atoms with Crippen LogP contribution in [0.1, 0.15) is 32.3 Å². The molecule has 0 radical (unpaired) electrons. The van der Waals surface area contributed by atoms with Gasteiger partial charge in [-0.15, -0.1) is 0 Å². The molecular weight excluding hydrogens is 223 g/mol. The zero-order chi connectivity index (χ0) is 12.0. The van der Waals surface area contributed by atoms with Crippen LogP contribution in [0.4, 0.5) is 0 Å². The van der Waals surface area contributed by atoms with Crippen LogP contribution in [0.2, 0.25) is 0 Å². The first-order valence-corrected chi connectivity index (χ1v) is 6.84. The quantitative estimate of drug-likeness (QED) is 0.779. The third kappa shape index (κ3) is 3.75. The van der Waals surface area contributed by atoms with Crippen LogP contribution >= 0.6 is 8.25 Å². The summed E-state index contributed by atoms with van der Waals surface area (Å²) in [6, 6.07) is 9.91. The normalized spacial score (nSPS) is 13.7. The minimum atomic E-state index is -2.88. The summed E-state index contributed by atoms with van der Waals surface area (Å²) in [6.45, 7) is 3.97. The molecule has 1 aromatic carbocycles. The van der Waals surface area contributed by atoms with Gasteiger partial charge >= 0.3 is 8.25 Å². The second-order valence-electron chi connectivity index (χ2n) is 3.92. The van der Waals surface area contributed by atoms with E-state index in [1.165, 1.54) is 0 Å². The van der Waals surface area contributed by atoms with E-state index in [9.17, 15) is 4.57 Å². The number of rotatable bonds is 6. The summed E-state index contributed by atoms with van der Waals surface area (Å²) in [4.78, 5) is 8.95. The summed E-state index contributed by atoms with van der Waals surface area (Å²) in [6.07, 6.45) is 2.14. The van der Waals surface area contributed by atoms with Crippen molar-refractivity contribution in [3.8, 4) is 0 Å². The third-order valence-corrected chi connectivity index (χ3v) is 3.57. The third-order valence-electron chi connectivity index (χ3n) is 2.96. The maximum absolute atomic E-state index is 10.9. The van der Waals surface area contributed by atoms with Crippen molar-refractivity contribution in [2.75, 3.05) is 0 Å². The van der Waals surface area contributed by atoms with Crippen molar-refractivity contribution < 1.29 is 14.0 Å². The average Bonchev–Trinajstić information content (AvgIpc) is 2.29. The largest absolute Gasteiger partial charge is 0.326 e. The van der Waals surface area contributed by atoms with E-state index < -0.39 is 13.9 Å².